The molecule has 2 aromatic rings. The number of para-hydroxylation sites is 1. The molecule has 0 saturated carbocycles. The molecule has 0 bridgehead atoms. The maximum atomic E-state index is 8.98. The zero-order chi connectivity index (χ0) is 14.4. The van der Waals surface area contributed by atoms with E-state index in [1.165, 1.54) is 0 Å². The molecule has 0 saturated heterocycles. The highest BCUT2D eigenvalue weighted by Gasteiger charge is 2.07. The summed E-state index contributed by atoms with van der Waals surface area (Å²) < 4.78 is 7.52. The number of nitrogens with zero attached hydrogens (tertiary/aromatic N) is 2. The Bertz CT molecular complexity index is 596. The van der Waals surface area contributed by atoms with E-state index in [0.717, 1.165) is 30.1 Å². The standard InChI is InChI=1S/C16H19N3O/c1-13-14(10-15(11-17)19(13)2)12-18-8-9-20-16-6-4-3-5-7-16/h3-7,10,18H,8-9,12H2,1-2H3. The van der Waals surface area contributed by atoms with E-state index in [4.69, 9.17) is 10.00 Å². The molecule has 1 N–H and O–H groups in total. The first-order valence-electron chi connectivity index (χ1n) is 6.66. The van der Waals surface area contributed by atoms with Gasteiger partial charge in [-0.3, -0.25) is 0 Å². The topological polar surface area (TPSA) is 50.0 Å². The summed E-state index contributed by atoms with van der Waals surface area (Å²) in [7, 11) is 1.91. The molecular formula is C16H19N3O. The fourth-order valence-corrected chi connectivity index (χ4v) is 2.03. The minimum Gasteiger partial charge on any atom is -0.492 e. The van der Waals surface area contributed by atoms with Crippen LogP contribution in [0.4, 0.5) is 0 Å². The van der Waals surface area contributed by atoms with E-state index in [2.05, 4.69) is 11.4 Å². The van der Waals surface area contributed by atoms with E-state index in [1.54, 1.807) is 0 Å². The SMILES string of the molecule is Cc1c(CNCCOc2ccccc2)cc(C#N)n1C. The van der Waals surface area contributed by atoms with Crippen LogP contribution in [0.1, 0.15) is 17.0 Å². The number of hydrogen-bond acceptors (Lipinski definition) is 3. The van der Waals surface area contributed by atoms with Gasteiger partial charge in [-0.1, -0.05) is 18.2 Å². The second kappa shape index (κ2) is 6.78. The Morgan fingerprint density at radius 3 is 2.70 bits per heavy atom. The average Bonchev–Trinajstić information content (AvgIpc) is 2.76. The molecule has 0 radical (unpaired) electrons. The normalized spacial score (nSPS) is 10.2. The summed E-state index contributed by atoms with van der Waals surface area (Å²) in [5.41, 5.74) is 2.97. The molecule has 0 spiro atoms. The van der Waals surface area contributed by atoms with Crippen molar-refractivity contribution in [1.82, 2.24) is 9.88 Å². The Labute approximate surface area is 119 Å². The fourth-order valence-electron chi connectivity index (χ4n) is 2.03. The quantitative estimate of drug-likeness (QED) is 0.819. The van der Waals surface area contributed by atoms with Gasteiger partial charge in [0, 0.05) is 25.8 Å². The van der Waals surface area contributed by atoms with Crippen LogP contribution in [0.3, 0.4) is 0 Å². The van der Waals surface area contributed by atoms with Crippen LogP contribution in [0.25, 0.3) is 0 Å². The molecule has 0 atom stereocenters. The number of rotatable bonds is 6. The Kier molecular flexibility index (Phi) is 4.80. The molecule has 1 aromatic carbocycles. The van der Waals surface area contributed by atoms with E-state index in [9.17, 15) is 0 Å². The third kappa shape index (κ3) is 3.40. The van der Waals surface area contributed by atoms with Crippen LogP contribution < -0.4 is 10.1 Å². The summed E-state index contributed by atoms with van der Waals surface area (Å²) in [5, 5.41) is 12.3. The largest absolute Gasteiger partial charge is 0.492 e. The predicted octanol–water partition coefficient (Wildman–Crippen LogP) is 2.37. The molecule has 4 nitrogen and oxygen atoms in total. The Morgan fingerprint density at radius 2 is 2.05 bits per heavy atom. The second-order valence-corrected chi connectivity index (χ2v) is 4.65. The third-order valence-corrected chi connectivity index (χ3v) is 3.36. The van der Waals surface area contributed by atoms with Crippen LogP contribution in [-0.2, 0) is 13.6 Å². The molecule has 1 heterocycles. The first kappa shape index (κ1) is 14.2. The zero-order valence-corrected chi connectivity index (χ0v) is 11.9. The summed E-state index contributed by atoms with van der Waals surface area (Å²) in [6, 6.07) is 13.9. The summed E-state index contributed by atoms with van der Waals surface area (Å²) in [4.78, 5) is 0. The molecule has 2 rings (SSSR count). The van der Waals surface area contributed by atoms with Gasteiger partial charge in [-0.05, 0) is 30.7 Å². The van der Waals surface area contributed by atoms with E-state index < -0.39 is 0 Å². The number of nitrogens with one attached hydrogen (secondary N) is 1. The fraction of sp³-hybridized carbons (Fsp3) is 0.312. The Morgan fingerprint density at radius 1 is 1.30 bits per heavy atom. The van der Waals surface area contributed by atoms with Gasteiger partial charge in [0.15, 0.2) is 0 Å². The minimum absolute atomic E-state index is 0.626. The van der Waals surface area contributed by atoms with Crippen LogP contribution in [0.15, 0.2) is 36.4 Å². The smallest absolute Gasteiger partial charge is 0.120 e. The molecule has 104 valence electrons. The van der Waals surface area contributed by atoms with Crippen molar-refractivity contribution in [1.29, 1.82) is 5.26 Å². The molecule has 4 heteroatoms. The summed E-state index contributed by atoms with van der Waals surface area (Å²) in [5.74, 6) is 0.886. The number of benzene rings is 1. The molecule has 20 heavy (non-hydrogen) atoms. The van der Waals surface area contributed by atoms with Gasteiger partial charge in [-0.15, -0.1) is 0 Å². The molecule has 0 aliphatic heterocycles. The number of aromatic nitrogens is 1. The van der Waals surface area contributed by atoms with Crippen molar-refractivity contribution in [2.24, 2.45) is 7.05 Å². The van der Waals surface area contributed by atoms with Gasteiger partial charge in [0.05, 0.1) is 0 Å². The molecule has 1 aromatic heterocycles. The highest BCUT2D eigenvalue weighted by molar-refractivity contribution is 5.34. The molecule has 0 unspecified atom stereocenters. The first-order valence-corrected chi connectivity index (χ1v) is 6.66. The highest BCUT2D eigenvalue weighted by Crippen LogP contribution is 2.13. The van der Waals surface area contributed by atoms with Crippen molar-refractivity contribution in [2.75, 3.05) is 13.2 Å². The maximum absolute atomic E-state index is 8.98. The number of ether oxygens (including phenoxy) is 1. The summed E-state index contributed by atoms with van der Waals surface area (Å²) >= 11 is 0. The van der Waals surface area contributed by atoms with Gasteiger partial charge in [-0.2, -0.15) is 5.26 Å². The Hall–Kier alpha value is -2.25. The molecular weight excluding hydrogens is 250 g/mol. The maximum Gasteiger partial charge on any atom is 0.120 e. The van der Waals surface area contributed by atoms with Crippen molar-refractivity contribution < 1.29 is 4.74 Å². The van der Waals surface area contributed by atoms with Crippen molar-refractivity contribution in [3.63, 3.8) is 0 Å². The summed E-state index contributed by atoms with van der Waals surface area (Å²) in [6.07, 6.45) is 0. The van der Waals surface area contributed by atoms with Crippen LogP contribution in [0.2, 0.25) is 0 Å². The molecule has 0 aliphatic rings. The lowest BCUT2D eigenvalue weighted by Crippen LogP contribution is -2.20. The van der Waals surface area contributed by atoms with Gasteiger partial charge < -0.3 is 14.6 Å². The van der Waals surface area contributed by atoms with Crippen molar-refractivity contribution in [2.45, 2.75) is 13.5 Å². The van der Waals surface area contributed by atoms with Gasteiger partial charge in [0.1, 0.15) is 24.1 Å². The molecule has 0 amide bonds. The number of hydrogen-bond donors (Lipinski definition) is 1. The lowest BCUT2D eigenvalue weighted by atomic mass is 10.2. The third-order valence-electron chi connectivity index (χ3n) is 3.36. The van der Waals surface area contributed by atoms with Gasteiger partial charge in [-0.25, -0.2) is 0 Å². The summed E-state index contributed by atoms with van der Waals surface area (Å²) in [6.45, 7) is 4.17. The van der Waals surface area contributed by atoms with Crippen LogP contribution in [0.5, 0.6) is 5.75 Å². The van der Waals surface area contributed by atoms with Crippen LogP contribution in [0, 0.1) is 18.3 Å². The highest BCUT2D eigenvalue weighted by atomic mass is 16.5. The van der Waals surface area contributed by atoms with Crippen molar-refractivity contribution in [3.8, 4) is 11.8 Å². The lowest BCUT2D eigenvalue weighted by molar-refractivity contribution is 0.313. The molecule has 0 fully saturated rings. The lowest BCUT2D eigenvalue weighted by Gasteiger charge is -2.07. The minimum atomic E-state index is 0.626. The van der Waals surface area contributed by atoms with E-state index in [0.29, 0.717) is 12.3 Å². The Balaban J connectivity index is 1.75. The van der Waals surface area contributed by atoms with Gasteiger partial charge in [0.25, 0.3) is 0 Å². The van der Waals surface area contributed by atoms with E-state index in [-0.39, 0.29) is 0 Å². The van der Waals surface area contributed by atoms with Crippen molar-refractivity contribution >= 4 is 0 Å². The monoisotopic (exact) mass is 269 g/mol. The first-order chi connectivity index (χ1) is 9.72. The van der Waals surface area contributed by atoms with Crippen LogP contribution in [-0.4, -0.2) is 17.7 Å². The average molecular weight is 269 g/mol. The molecule has 0 aliphatic carbocycles. The second-order valence-electron chi connectivity index (χ2n) is 4.65. The zero-order valence-electron chi connectivity index (χ0n) is 11.9. The predicted molar refractivity (Wildman–Crippen MR) is 78.5 cm³/mol. The van der Waals surface area contributed by atoms with E-state index >= 15 is 0 Å². The van der Waals surface area contributed by atoms with Crippen LogP contribution >= 0.6 is 0 Å². The van der Waals surface area contributed by atoms with Gasteiger partial charge in [0.2, 0.25) is 0 Å². The van der Waals surface area contributed by atoms with Crippen molar-refractivity contribution in [3.05, 3.63) is 53.3 Å². The number of nitriles is 1. The van der Waals surface area contributed by atoms with Gasteiger partial charge >= 0.3 is 0 Å². The van der Waals surface area contributed by atoms with E-state index in [1.807, 2.05) is 54.9 Å².